The van der Waals surface area contributed by atoms with Crippen LogP contribution in [-0.2, 0) is 13.1 Å². The van der Waals surface area contributed by atoms with Gasteiger partial charge in [-0.1, -0.05) is 24.3 Å². The average Bonchev–Trinajstić information content (AvgIpc) is 2.98. The maximum atomic E-state index is 4.74. The number of aliphatic imine (C=N–C) groups is 1. The molecule has 1 atom stereocenters. The van der Waals surface area contributed by atoms with Gasteiger partial charge in [-0.15, -0.1) is 24.0 Å². The maximum absolute atomic E-state index is 4.74. The van der Waals surface area contributed by atoms with Crippen molar-refractivity contribution in [1.82, 2.24) is 15.5 Å². The number of rotatable bonds is 7. The second-order valence-electron chi connectivity index (χ2n) is 7.00. The quantitative estimate of drug-likeness (QED) is 0.358. The fourth-order valence-electron chi connectivity index (χ4n) is 2.87. The molecule has 0 spiro atoms. The molecule has 1 aliphatic rings. The summed E-state index contributed by atoms with van der Waals surface area (Å²) in [7, 11) is 4.19. The molecule has 6 heteroatoms. The van der Waals surface area contributed by atoms with Crippen molar-refractivity contribution in [3.05, 3.63) is 35.4 Å². The molecule has 0 aliphatic carbocycles. The smallest absolute Gasteiger partial charge is 0.191 e. The van der Waals surface area contributed by atoms with Gasteiger partial charge in [-0.25, -0.2) is 4.99 Å². The molecule has 0 saturated carbocycles. The van der Waals surface area contributed by atoms with E-state index in [1.54, 1.807) is 0 Å². The summed E-state index contributed by atoms with van der Waals surface area (Å²) in [5.74, 6) is 2.20. The van der Waals surface area contributed by atoms with Crippen molar-refractivity contribution in [2.75, 3.05) is 32.9 Å². The molecule has 1 unspecified atom stereocenters. The van der Waals surface area contributed by atoms with Crippen LogP contribution in [0.5, 0.6) is 0 Å². The number of thioether (sulfide) groups is 1. The van der Waals surface area contributed by atoms with Gasteiger partial charge in [0.05, 0.1) is 6.54 Å². The number of hydrogen-bond acceptors (Lipinski definition) is 3. The van der Waals surface area contributed by atoms with Crippen LogP contribution in [0.1, 0.15) is 37.8 Å². The fourth-order valence-corrected chi connectivity index (χ4v) is 4.12. The second kappa shape index (κ2) is 11.3. The van der Waals surface area contributed by atoms with Gasteiger partial charge in [0.15, 0.2) is 5.96 Å². The van der Waals surface area contributed by atoms with Crippen LogP contribution in [0.3, 0.4) is 0 Å². The van der Waals surface area contributed by atoms with Crippen LogP contribution in [-0.4, -0.2) is 48.5 Å². The Balaban J connectivity index is 0.00000312. The van der Waals surface area contributed by atoms with Gasteiger partial charge in [-0.3, -0.25) is 0 Å². The Morgan fingerprint density at radius 2 is 1.88 bits per heavy atom. The summed E-state index contributed by atoms with van der Waals surface area (Å²) in [6.45, 7) is 8.01. The van der Waals surface area contributed by atoms with Gasteiger partial charge in [0.2, 0.25) is 0 Å². The number of halogens is 1. The van der Waals surface area contributed by atoms with E-state index in [4.69, 9.17) is 4.99 Å². The van der Waals surface area contributed by atoms with Crippen molar-refractivity contribution in [3.63, 3.8) is 0 Å². The van der Waals surface area contributed by atoms with Gasteiger partial charge in [0, 0.05) is 24.4 Å². The number of hydrogen-bond donors (Lipinski definition) is 2. The molecule has 0 amide bonds. The summed E-state index contributed by atoms with van der Waals surface area (Å²) in [6.07, 6.45) is 2.62. The first kappa shape index (κ1) is 22.6. The molecule has 0 bridgehead atoms. The predicted octanol–water partition coefficient (Wildman–Crippen LogP) is 3.71. The molecule has 2 N–H and O–H groups in total. The van der Waals surface area contributed by atoms with E-state index in [9.17, 15) is 0 Å². The Kier molecular flexibility index (Phi) is 10.2. The Labute approximate surface area is 174 Å². The number of benzene rings is 1. The molecule has 1 aliphatic heterocycles. The van der Waals surface area contributed by atoms with Crippen molar-refractivity contribution in [1.29, 1.82) is 0 Å². The van der Waals surface area contributed by atoms with Crippen LogP contribution in [0.25, 0.3) is 0 Å². The van der Waals surface area contributed by atoms with E-state index in [0.29, 0.717) is 11.3 Å². The summed E-state index contributed by atoms with van der Waals surface area (Å²) in [6, 6.07) is 8.75. The molecule has 2 rings (SSSR count). The minimum absolute atomic E-state index is 0. The van der Waals surface area contributed by atoms with E-state index in [0.717, 1.165) is 25.6 Å². The third-order valence-electron chi connectivity index (χ3n) is 4.22. The van der Waals surface area contributed by atoms with E-state index in [1.807, 2.05) is 0 Å². The topological polar surface area (TPSA) is 39.7 Å². The third kappa shape index (κ3) is 8.17. The SMILES string of the molecule is CCNC(=NCc1ccc(CN(C)C)cc1)NCC1(C)CCCS1.I. The lowest BCUT2D eigenvalue weighted by Crippen LogP contribution is -2.43. The van der Waals surface area contributed by atoms with Crippen LogP contribution in [0.2, 0.25) is 0 Å². The van der Waals surface area contributed by atoms with Crippen molar-refractivity contribution >= 4 is 41.7 Å². The zero-order chi connectivity index (χ0) is 17.4. The summed E-state index contributed by atoms with van der Waals surface area (Å²) in [5, 5.41) is 6.88. The molecule has 25 heavy (non-hydrogen) atoms. The summed E-state index contributed by atoms with van der Waals surface area (Å²) in [4.78, 5) is 6.92. The summed E-state index contributed by atoms with van der Waals surface area (Å²) in [5.41, 5.74) is 2.58. The van der Waals surface area contributed by atoms with Gasteiger partial charge < -0.3 is 15.5 Å². The van der Waals surface area contributed by atoms with E-state index in [-0.39, 0.29) is 24.0 Å². The highest BCUT2D eigenvalue weighted by Crippen LogP contribution is 2.36. The van der Waals surface area contributed by atoms with Gasteiger partial charge in [-0.05, 0) is 57.7 Å². The highest BCUT2D eigenvalue weighted by Gasteiger charge is 2.29. The first-order valence-electron chi connectivity index (χ1n) is 8.89. The van der Waals surface area contributed by atoms with Crippen LogP contribution in [0.15, 0.2) is 29.3 Å². The average molecular weight is 476 g/mol. The minimum atomic E-state index is 0. The van der Waals surface area contributed by atoms with E-state index >= 15 is 0 Å². The van der Waals surface area contributed by atoms with E-state index in [1.165, 1.54) is 29.7 Å². The molecule has 142 valence electrons. The monoisotopic (exact) mass is 476 g/mol. The van der Waals surface area contributed by atoms with Gasteiger partial charge in [0.25, 0.3) is 0 Å². The Morgan fingerprint density at radius 3 is 2.44 bits per heavy atom. The maximum Gasteiger partial charge on any atom is 0.191 e. The van der Waals surface area contributed by atoms with Crippen molar-refractivity contribution in [2.45, 2.75) is 44.5 Å². The number of guanidine groups is 1. The Hall–Kier alpha value is -0.470. The summed E-state index contributed by atoms with van der Waals surface area (Å²) < 4.78 is 0.351. The second-order valence-corrected chi connectivity index (χ2v) is 8.69. The Morgan fingerprint density at radius 1 is 1.20 bits per heavy atom. The van der Waals surface area contributed by atoms with Crippen LogP contribution < -0.4 is 10.6 Å². The van der Waals surface area contributed by atoms with Gasteiger partial charge >= 0.3 is 0 Å². The molecule has 1 aromatic rings. The molecule has 1 aromatic carbocycles. The van der Waals surface area contributed by atoms with Crippen LogP contribution in [0.4, 0.5) is 0 Å². The zero-order valence-corrected chi connectivity index (χ0v) is 19.1. The van der Waals surface area contributed by atoms with Gasteiger partial charge in [0.1, 0.15) is 0 Å². The highest BCUT2D eigenvalue weighted by atomic mass is 127. The standard InChI is InChI=1S/C19H32N4S.HI/c1-5-20-18(22-15-19(2)11-6-12-24-19)21-13-16-7-9-17(10-8-16)14-23(3)4;/h7-10H,5-6,11-15H2,1-4H3,(H2,20,21,22);1H. The lowest BCUT2D eigenvalue weighted by Gasteiger charge is -2.24. The molecule has 0 radical (unpaired) electrons. The first-order chi connectivity index (χ1) is 11.5. The molecular weight excluding hydrogens is 443 g/mol. The van der Waals surface area contributed by atoms with Gasteiger partial charge in [-0.2, -0.15) is 11.8 Å². The van der Waals surface area contributed by atoms with Crippen LogP contribution in [0, 0.1) is 0 Å². The van der Waals surface area contributed by atoms with Crippen molar-refractivity contribution < 1.29 is 0 Å². The largest absolute Gasteiger partial charge is 0.357 e. The zero-order valence-electron chi connectivity index (χ0n) is 16.0. The molecule has 1 fully saturated rings. The molecule has 1 saturated heterocycles. The number of nitrogens with zero attached hydrogens (tertiary/aromatic N) is 2. The van der Waals surface area contributed by atoms with Crippen LogP contribution >= 0.6 is 35.7 Å². The van der Waals surface area contributed by atoms with Crippen molar-refractivity contribution in [3.8, 4) is 0 Å². The Bertz CT molecular complexity index is 525. The molecular formula is C19H33IN4S. The van der Waals surface area contributed by atoms with Crippen molar-refractivity contribution in [2.24, 2.45) is 4.99 Å². The molecule has 0 aromatic heterocycles. The predicted molar refractivity (Wildman–Crippen MR) is 122 cm³/mol. The van der Waals surface area contributed by atoms with E-state index in [2.05, 4.69) is 79.5 Å². The third-order valence-corrected chi connectivity index (χ3v) is 5.75. The molecule has 1 heterocycles. The lowest BCUT2D eigenvalue weighted by atomic mass is 10.1. The lowest BCUT2D eigenvalue weighted by molar-refractivity contribution is 0.402. The van der Waals surface area contributed by atoms with E-state index < -0.39 is 0 Å². The first-order valence-corrected chi connectivity index (χ1v) is 9.88. The highest BCUT2D eigenvalue weighted by molar-refractivity contribution is 14.0. The normalized spacial score (nSPS) is 20.4. The number of nitrogens with one attached hydrogen (secondary N) is 2. The summed E-state index contributed by atoms with van der Waals surface area (Å²) >= 11 is 2.08. The fraction of sp³-hybridized carbons (Fsp3) is 0.632. The molecule has 4 nitrogen and oxygen atoms in total. The minimum Gasteiger partial charge on any atom is -0.357 e.